The molecule has 0 atom stereocenters. The minimum absolute atomic E-state index is 0.608. The molecule has 1 nitrogen and oxygen atoms in total. The monoisotopic (exact) mass is 357 g/mol. The van der Waals surface area contributed by atoms with Crippen LogP contribution in [0.2, 0.25) is 0 Å². The number of benzene rings is 2. The molecule has 1 heterocycles. The molecule has 3 aromatic rings. The standard InChI is InChI=1S/C10H11NS.C9H12.2C2H6/c1-7(2)8-3-4-9-10(5-8)12-6-11-9;1-8(2)9-6-4-3-5-7-9;2*1-2/h3-7H,1-2H3;3-8H,1-2H3;2*1-2H3. The van der Waals surface area contributed by atoms with E-state index in [1.54, 1.807) is 11.3 Å². The van der Waals surface area contributed by atoms with Gasteiger partial charge in [0.2, 0.25) is 0 Å². The molecular formula is C23H35NS. The zero-order chi connectivity index (χ0) is 19.2. The summed E-state index contributed by atoms with van der Waals surface area (Å²) in [6.45, 7) is 16.8. The van der Waals surface area contributed by atoms with Crippen LogP contribution in [-0.4, -0.2) is 4.98 Å². The largest absolute Gasteiger partial charge is 0.245 e. The van der Waals surface area contributed by atoms with Gasteiger partial charge in [-0.05, 0) is 35.1 Å². The van der Waals surface area contributed by atoms with E-state index < -0.39 is 0 Å². The third kappa shape index (κ3) is 8.31. The summed E-state index contributed by atoms with van der Waals surface area (Å²) in [5.41, 5.74) is 5.82. The van der Waals surface area contributed by atoms with Gasteiger partial charge in [-0.25, -0.2) is 4.98 Å². The van der Waals surface area contributed by atoms with Crippen molar-refractivity contribution in [2.45, 2.75) is 67.2 Å². The molecule has 0 saturated carbocycles. The Hall–Kier alpha value is -1.67. The number of hydrogen-bond acceptors (Lipinski definition) is 2. The molecule has 0 radical (unpaired) electrons. The first-order valence-corrected chi connectivity index (χ1v) is 10.3. The third-order valence-electron chi connectivity index (χ3n) is 3.49. The van der Waals surface area contributed by atoms with E-state index >= 15 is 0 Å². The first-order chi connectivity index (χ1) is 12.1. The predicted molar refractivity (Wildman–Crippen MR) is 117 cm³/mol. The minimum Gasteiger partial charge on any atom is -0.245 e. The molecule has 0 saturated heterocycles. The van der Waals surface area contributed by atoms with E-state index in [1.165, 1.54) is 15.8 Å². The van der Waals surface area contributed by atoms with Crippen LogP contribution in [0.5, 0.6) is 0 Å². The lowest BCUT2D eigenvalue weighted by atomic mass is 10.0. The Morgan fingerprint density at radius 3 is 1.76 bits per heavy atom. The highest BCUT2D eigenvalue weighted by atomic mass is 32.1. The van der Waals surface area contributed by atoms with Crippen molar-refractivity contribution in [3.63, 3.8) is 0 Å². The highest BCUT2D eigenvalue weighted by Gasteiger charge is 2.01. The number of rotatable bonds is 2. The number of hydrogen-bond donors (Lipinski definition) is 0. The summed E-state index contributed by atoms with van der Waals surface area (Å²) >= 11 is 1.71. The molecule has 0 spiro atoms. The number of nitrogens with zero attached hydrogens (tertiary/aromatic N) is 1. The maximum absolute atomic E-state index is 4.24. The van der Waals surface area contributed by atoms with E-state index in [2.05, 4.69) is 75.1 Å². The second-order valence-electron chi connectivity index (χ2n) is 5.80. The van der Waals surface area contributed by atoms with Gasteiger partial charge in [0.1, 0.15) is 0 Å². The fraction of sp³-hybridized carbons (Fsp3) is 0.435. The van der Waals surface area contributed by atoms with Crippen LogP contribution in [0.1, 0.15) is 78.4 Å². The lowest BCUT2D eigenvalue weighted by Gasteiger charge is -2.03. The molecule has 138 valence electrons. The second-order valence-corrected chi connectivity index (χ2v) is 6.69. The molecule has 0 aliphatic rings. The van der Waals surface area contributed by atoms with Gasteiger partial charge in [-0.2, -0.15) is 0 Å². The van der Waals surface area contributed by atoms with Gasteiger partial charge in [0.15, 0.2) is 0 Å². The summed E-state index contributed by atoms with van der Waals surface area (Å²) in [5.74, 6) is 1.27. The average molecular weight is 358 g/mol. The summed E-state index contributed by atoms with van der Waals surface area (Å²) in [6.07, 6.45) is 0. The van der Waals surface area contributed by atoms with Crippen LogP contribution in [-0.2, 0) is 0 Å². The Kier molecular flexibility index (Phi) is 12.7. The van der Waals surface area contributed by atoms with Gasteiger partial charge >= 0.3 is 0 Å². The molecule has 3 rings (SSSR count). The molecule has 0 amide bonds. The van der Waals surface area contributed by atoms with Crippen LogP contribution in [0, 0.1) is 0 Å². The van der Waals surface area contributed by atoms with Gasteiger partial charge in [-0.1, -0.05) is 91.8 Å². The van der Waals surface area contributed by atoms with Crippen LogP contribution >= 0.6 is 11.3 Å². The van der Waals surface area contributed by atoms with Gasteiger partial charge in [0.05, 0.1) is 15.7 Å². The molecule has 0 unspecified atom stereocenters. The third-order valence-corrected chi connectivity index (χ3v) is 4.28. The Balaban J connectivity index is 0.000000396. The topological polar surface area (TPSA) is 12.9 Å². The van der Waals surface area contributed by atoms with E-state index in [-0.39, 0.29) is 0 Å². The van der Waals surface area contributed by atoms with Crippen molar-refractivity contribution >= 4 is 21.6 Å². The quantitative estimate of drug-likeness (QED) is 0.449. The number of thiazole rings is 1. The van der Waals surface area contributed by atoms with Gasteiger partial charge < -0.3 is 0 Å². The predicted octanol–water partition coefficient (Wildman–Crippen LogP) is 8.28. The Morgan fingerprint density at radius 1 is 0.720 bits per heavy atom. The Labute approximate surface area is 159 Å². The molecule has 0 aliphatic carbocycles. The molecule has 2 aromatic carbocycles. The van der Waals surface area contributed by atoms with Crippen LogP contribution in [0.3, 0.4) is 0 Å². The second kappa shape index (κ2) is 13.6. The minimum atomic E-state index is 0.608. The molecule has 2 heteroatoms. The number of aromatic nitrogens is 1. The van der Waals surface area contributed by atoms with E-state index in [9.17, 15) is 0 Å². The molecule has 0 N–H and O–H groups in total. The zero-order valence-corrected chi connectivity index (χ0v) is 18.0. The molecule has 1 aromatic heterocycles. The van der Waals surface area contributed by atoms with E-state index in [1.807, 2.05) is 39.3 Å². The van der Waals surface area contributed by atoms with Crippen molar-refractivity contribution in [3.8, 4) is 0 Å². The van der Waals surface area contributed by atoms with Crippen LogP contribution in [0.4, 0.5) is 0 Å². The van der Waals surface area contributed by atoms with Crippen molar-refractivity contribution < 1.29 is 0 Å². The summed E-state index contributed by atoms with van der Waals surface area (Å²) < 4.78 is 1.29. The van der Waals surface area contributed by atoms with Crippen molar-refractivity contribution in [3.05, 3.63) is 65.2 Å². The fourth-order valence-corrected chi connectivity index (χ4v) is 2.79. The van der Waals surface area contributed by atoms with Crippen molar-refractivity contribution in [1.29, 1.82) is 0 Å². The molecular weight excluding hydrogens is 322 g/mol. The number of fused-ring (bicyclic) bond motifs is 1. The summed E-state index contributed by atoms with van der Waals surface area (Å²) in [4.78, 5) is 4.24. The fourth-order valence-electron chi connectivity index (χ4n) is 2.07. The maximum atomic E-state index is 4.24. The van der Waals surface area contributed by atoms with Crippen molar-refractivity contribution in [2.24, 2.45) is 0 Å². The SMILES string of the molecule is CC.CC.CC(C)c1ccc2ncsc2c1.CC(C)c1ccccc1. The Morgan fingerprint density at radius 2 is 1.28 bits per heavy atom. The van der Waals surface area contributed by atoms with E-state index in [0.29, 0.717) is 11.8 Å². The summed E-state index contributed by atoms with van der Waals surface area (Å²) in [7, 11) is 0. The zero-order valence-electron chi connectivity index (χ0n) is 17.2. The van der Waals surface area contributed by atoms with Gasteiger partial charge in [0.25, 0.3) is 0 Å². The van der Waals surface area contributed by atoms with Crippen LogP contribution in [0.15, 0.2) is 54.0 Å². The van der Waals surface area contributed by atoms with Crippen molar-refractivity contribution in [2.75, 3.05) is 0 Å². The van der Waals surface area contributed by atoms with Gasteiger partial charge in [-0.15, -0.1) is 11.3 Å². The average Bonchev–Trinajstić information content (AvgIpc) is 3.14. The highest BCUT2D eigenvalue weighted by Crippen LogP contribution is 2.23. The highest BCUT2D eigenvalue weighted by molar-refractivity contribution is 7.16. The lowest BCUT2D eigenvalue weighted by Crippen LogP contribution is -1.84. The maximum Gasteiger partial charge on any atom is 0.0812 e. The van der Waals surface area contributed by atoms with E-state index in [0.717, 1.165) is 5.52 Å². The van der Waals surface area contributed by atoms with Crippen LogP contribution in [0.25, 0.3) is 10.2 Å². The summed E-state index contributed by atoms with van der Waals surface area (Å²) in [6, 6.07) is 17.0. The summed E-state index contributed by atoms with van der Waals surface area (Å²) in [5, 5.41) is 0. The van der Waals surface area contributed by atoms with Gasteiger partial charge in [0, 0.05) is 0 Å². The molecule has 0 fully saturated rings. The first-order valence-electron chi connectivity index (χ1n) is 9.46. The van der Waals surface area contributed by atoms with Gasteiger partial charge in [-0.3, -0.25) is 0 Å². The normalized spacial score (nSPS) is 9.52. The molecule has 0 aliphatic heterocycles. The first kappa shape index (κ1) is 23.3. The lowest BCUT2D eigenvalue weighted by molar-refractivity contribution is 0.867. The van der Waals surface area contributed by atoms with Crippen molar-refractivity contribution in [1.82, 2.24) is 4.98 Å². The Bertz CT molecular complexity index is 669. The van der Waals surface area contributed by atoms with Crippen LogP contribution < -0.4 is 0 Å². The molecule has 25 heavy (non-hydrogen) atoms. The van der Waals surface area contributed by atoms with E-state index in [4.69, 9.17) is 0 Å². The smallest absolute Gasteiger partial charge is 0.0812 e. The molecule has 0 bridgehead atoms.